The maximum atomic E-state index is 14.3. The summed E-state index contributed by atoms with van der Waals surface area (Å²) in [5.74, 6) is -1.40. The first-order chi connectivity index (χ1) is 9.91. The number of benzene rings is 1. The Hall–Kier alpha value is -2.08. The van der Waals surface area contributed by atoms with E-state index < -0.39 is 11.6 Å². The zero-order valence-corrected chi connectivity index (χ0v) is 12.3. The zero-order valence-electron chi connectivity index (χ0n) is 11.6. The molecular formula is C14H11ClF2N4. The van der Waals surface area contributed by atoms with E-state index in [0.717, 1.165) is 11.1 Å². The predicted molar refractivity (Wildman–Crippen MR) is 75.4 cm³/mol. The quantitative estimate of drug-likeness (QED) is 0.689. The molecule has 3 aromatic rings. The molecule has 0 fully saturated rings. The van der Waals surface area contributed by atoms with Gasteiger partial charge in [0.05, 0.1) is 5.56 Å². The molecule has 4 nitrogen and oxygen atoms in total. The molecule has 0 aliphatic rings. The van der Waals surface area contributed by atoms with E-state index >= 15 is 0 Å². The van der Waals surface area contributed by atoms with Crippen molar-refractivity contribution in [3.05, 3.63) is 45.6 Å². The normalized spacial score (nSPS) is 11.3. The smallest absolute Gasteiger partial charge is 0.191 e. The average Bonchev–Trinajstić information content (AvgIpc) is 2.85. The number of aryl methyl sites for hydroxylation is 2. The molecule has 0 saturated heterocycles. The first-order valence-electron chi connectivity index (χ1n) is 6.25. The van der Waals surface area contributed by atoms with Crippen LogP contribution in [0.1, 0.15) is 16.7 Å². The Morgan fingerprint density at radius 2 is 1.76 bits per heavy atom. The summed E-state index contributed by atoms with van der Waals surface area (Å²) in [7, 11) is 0. The number of aromatic nitrogens is 4. The number of fused-ring (bicyclic) bond motifs is 1. The van der Waals surface area contributed by atoms with Gasteiger partial charge in [0.2, 0.25) is 0 Å². The van der Waals surface area contributed by atoms with Crippen LogP contribution < -0.4 is 0 Å². The molecule has 0 aliphatic carbocycles. The highest BCUT2D eigenvalue weighted by atomic mass is 35.5. The molecule has 21 heavy (non-hydrogen) atoms. The lowest BCUT2D eigenvalue weighted by Crippen LogP contribution is -2.03. The highest BCUT2D eigenvalue weighted by molar-refractivity contribution is 6.30. The van der Waals surface area contributed by atoms with Crippen LogP contribution in [-0.2, 0) is 0 Å². The standard InChI is InChI=1S/C14H11ClF2N4/c1-6-4-5-9(16)10(11(6)17)14-19-18-13-8(3)7(2)12(15)20-21(13)14/h4-5H,1-3H3. The first-order valence-corrected chi connectivity index (χ1v) is 6.62. The Labute approximate surface area is 124 Å². The van der Waals surface area contributed by atoms with Crippen LogP contribution in [0.4, 0.5) is 8.78 Å². The van der Waals surface area contributed by atoms with Gasteiger partial charge < -0.3 is 0 Å². The molecule has 3 rings (SSSR count). The molecule has 0 unspecified atom stereocenters. The third kappa shape index (κ3) is 1.98. The van der Waals surface area contributed by atoms with Gasteiger partial charge in [0, 0.05) is 5.56 Å². The van der Waals surface area contributed by atoms with Crippen molar-refractivity contribution in [3.63, 3.8) is 0 Å². The van der Waals surface area contributed by atoms with E-state index in [1.807, 2.05) is 0 Å². The minimum absolute atomic E-state index is 0.00583. The number of rotatable bonds is 1. The highest BCUT2D eigenvalue weighted by Gasteiger charge is 2.21. The van der Waals surface area contributed by atoms with E-state index in [4.69, 9.17) is 11.6 Å². The van der Waals surface area contributed by atoms with Gasteiger partial charge in [-0.15, -0.1) is 10.2 Å². The fourth-order valence-electron chi connectivity index (χ4n) is 2.11. The van der Waals surface area contributed by atoms with Crippen LogP contribution in [0.2, 0.25) is 5.15 Å². The van der Waals surface area contributed by atoms with Crippen molar-refractivity contribution in [2.45, 2.75) is 20.8 Å². The Kier molecular flexibility index (Phi) is 3.13. The largest absolute Gasteiger partial charge is 0.206 e. The summed E-state index contributed by atoms with van der Waals surface area (Å²) in [6, 6.07) is 2.56. The molecule has 108 valence electrons. The molecule has 0 saturated carbocycles. The second kappa shape index (κ2) is 4.73. The molecule has 1 aromatic carbocycles. The molecule has 0 bridgehead atoms. The van der Waals surface area contributed by atoms with Crippen LogP contribution in [0.25, 0.3) is 17.0 Å². The predicted octanol–water partition coefficient (Wildman–Crippen LogP) is 3.65. The van der Waals surface area contributed by atoms with Crippen molar-refractivity contribution in [1.82, 2.24) is 19.8 Å². The zero-order chi connectivity index (χ0) is 15.3. The SMILES string of the molecule is Cc1ccc(F)c(-c2nnc3c(C)c(C)c(Cl)nn23)c1F. The van der Waals surface area contributed by atoms with E-state index in [1.165, 1.54) is 16.6 Å². The second-order valence-corrected chi connectivity index (χ2v) is 5.21. The Balaban J connectivity index is 2.40. The van der Waals surface area contributed by atoms with Crippen LogP contribution in [0, 0.1) is 32.4 Å². The maximum absolute atomic E-state index is 14.3. The van der Waals surface area contributed by atoms with Gasteiger partial charge >= 0.3 is 0 Å². The summed E-state index contributed by atoms with van der Waals surface area (Å²) in [5, 5.41) is 12.2. The molecule has 0 radical (unpaired) electrons. The molecule has 0 aliphatic heterocycles. The fourth-order valence-corrected chi connectivity index (χ4v) is 2.33. The van der Waals surface area contributed by atoms with Gasteiger partial charge in [0.15, 0.2) is 16.6 Å². The van der Waals surface area contributed by atoms with Gasteiger partial charge in [-0.1, -0.05) is 17.7 Å². The fraction of sp³-hybridized carbons (Fsp3) is 0.214. The van der Waals surface area contributed by atoms with Gasteiger partial charge in [0.25, 0.3) is 0 Å². The Morgan fingerprint density at radius 1 is 1.05 bits per heavy atom. The Bertz CT molecular complexity index is 873. The maximum Gasteiger partial charge on any atom is 0.191 e. The third-order valence-corrected chi connectivity index (χ3v) is 3.90. The summed E-state index contributed by atoms with van der Waals surface area (Å²) < 4.78 is 29.5. The van der Waals surface area contributed by atoms with Crippen molar-refractivity contribution in [3.8, 4) is 11.4 Å². The first kappa shape index (κ1) is 13.9. The van der Waals surface area contributed by atoms with Gasteiger partial charge in [-0.2, -0.15) is 9.61 Å². The van der Waals surface area contributed by atoms with Gasteiger partial charge in [0.1, 0.15) is 11.6 Å². The van der Waals surface area contributed by atoms with Gasteiger partial charge in [-0.3, -0.25) is 0 Å². The molecular weight excluding hydrogens is 298 g/mol. The molecule has 7 heteroatoms. The van der Waals surface area contributed by atoms with E-state index in [1.54, 1.807) is 20.8 Å². The summed E-state index contributed by atoms with van der Waals surface area (Å²) in [4.78, 5) is 0. The molecule has 0 amide bonds. The van der Waals surface area contributed by atoms with E-state index in [0.29, 0.717) is 11.2 Å². The van der Waals surface area contributed by atoms with Crippen LogP contribution in [-0.4, -0.2) is 19.8 Å². The lowest BCUT2D eigenvalue weighted by molar-refractivity contribution is 0.580. The number of nitrogens with zero attached hydrogens (tertiary/aromatic N) is 4. The third-order valence-electron chi connectivity index (χ3n) is 3.54. The summed E-state index contributed by atoms with van der Waals surface area (Å²) >= 11 is 6.05. The number of halogens is 3. The van der Waals surface area contributed by atoms with Crippen molar-refractivity contribution >= 4 is 17.2 Å². The lowest BCUT2D eigenvalue weighted by atomic mass is 10.1. The van der Waals surface area contributed by atoms with Gasteiger partial charge in [-0.05, 0) is 38.0 Å². The summed E-state index contributed by atoms with van der Waals surface area (Å²) in [5.41, 5.74) is 2.01. The van der Waals surface area contributed by atoms with E-state index in [9.17, 15) is 8.78 Å². The van der Waals surface area contributed by atoms with Crippen molar-refractivity contribution in [2.24, 2.45) is 0 Å². The summed E-state index contributed by atoms with van der Waals surface area (Å²) in [6.45, 7) is 5.16. The topological polar surface area (TPSA) is 43.1 Å². The van der Waals surface area contributed by atoms with Crippen LogP contribution in [0.5, 0.6) is 0 Å². The number of hydrogen-bond donors (Lipinski definition) is 0. The van der Waals surface area contributed by atoms with Crippen molar-refractivity contribution in [2.75, 3.05) is 0 Å². The van der Waals surface area contributed by atoms with Crippen LogP contribution in [0.3, 0.4) is 0 Å². The monoisotopic (exact) mass is 308 g/mol. The van der Waals surface area contributed by atoms with Crippen LogP contribution >= 0.6 is 11.6 Å². The molecule has 2 aromatic heterocycles. The molecule has 0 spiro atoms. The van der Waals surface area contributed by atoms with E-state index in [-0.39, 0.29) is 16.5 Å². The minimum atomic E-state index is -0.719. The molecule has 0 N–H and O–H groups in total. The molecule has 2 heterocycles. The second-order valence-electron chi connectivity index (χ2n) is 4.85. The average molecular weight is 309 g/mol. The van der Waals surface area contributed by atoms with E-state index in [2.05, 4.69) is 15.3 Å². The minimum Gasteiger partial charge on any atom is -0.206 e. The lowest BCUT2D eigenvalue weighted by Gasteiger charge is -2.07. The highest BCUT2D eigenvalue weighted by Crippen LogP contribution is 2.28. The van der Waals surface area contributed by atoms with Crippen molar-refractivity contribution in [1.29, 1.82) is 0 Å². The van der Waals surface area contributed by atoms with Crippen LogP contribution in [0.15, 0.2) is 12.1 Å². The Morgan fingerprint density at radius 3 is 2.48 bits per heavy atom. The number of hydrogen-bond acceptors (Lipinski definition) is 3. The molecule has 0 atom stereocenters. The summed E-state index contributed by atoms with van der Waals surface area (Å²) in [6.07, 6.45) is 0. The van der Waals surface area contributed by atoms with Crippen molar-refractivity contribution < 1.29 is 8.78 Å². The van der Waals surface area contributed by atoms with Gasteiger partial charge in [-0.25, -0.2) is 8.78 Å².